The summed E-state index contributed by atoms with van der Waals surface area (Å²) < 4.78 is 0. The molecule has 0 radical (unpaired) electrons. The molecule has 1 amide bonds. The van der Waals surface area contributed by atoms with Crippen molar-refractivity contribution in [1.82, 2.24) is 5.32 Å². The normalized spacial score (nSPS) is 10.2. The van der Waals surface area contributed by atoms with Crippen molar-refractivity contribution in [3.05, 3.63) is 63.6 Å². The van der Waals surface area contributed by atoms with Gasteiger partial charge in [-0.15, -0.1) is 0 Å². The number of benzene rings is 2. The van der Waals surface area contributed by atoms with Gasteiger partial charge in [-0.3, -0.25) is 4.79 Å². The van der Waals surface area contributed by atoms with Crippen LogP contribution in [0.1, 0.15) is 15.9 Å². The van der Waals surface area contributed by atoms with Gasteiger partial charge in [-0.05, 0) is 36.4 Å². The second-order valence-electron chi connectivity index (χ2n) is 4.21. The topological polar surface area (TPSA) is 41.1 Å². The highest BCUT2D eigenvalue weighted by Gasteiger charge is 2.06. The molecule has 0 aromatic heterocycles. The maximum absolute atomic E-state index is 11.4. The minimum Gasteiger partial charge on any atom is -0.381 e. The number of carbonyl (C=O) groups excluding carboxylic acids is 1. The molecule has 0 heterocycles. The molecule has 2 rings (SSSR count). The van der Waals surface area contributed by atoms with Crippen molar-refractivity contribution in [3.63, 3.8) is 0 Å². The molecule has 0 spiro atoms. The number of nitrogens with one attached hydrogen (secondary N) is 2. The van der Waals surface area contributed by atoms with E-state index in [1.54, 1.807) is 31.3 Å². The van der Waals surface area contributed by atoms with Crippen LogP contribution in [0.25, 0.3) is 0 Å². The van der Waals surface area contributed by atoms with Crippen molar-refractivity contribution >= 4 is 34.8 Å². The van der Waals surface area contributed by atoms with Crippen LogP contribution in [-0.2, 0) is 6.54 Å². The molecule has 0 saturated heterocycles. The largest absolute Gasteiger partial charge is 0.381 e. The van der Waals surface area contributed by atoms with Crippen molar-refractivity contribution < 1.29 is 4.79 Å². The Labute approximate surface area is 127 Å². The fraction of sp³-hybridized carbons (Fsp3) is 0.133. The highest BCUT2D eigenvalue weighted by molar-refractivity contribution is 6.36. The maximum Gasteiger partial charge on any atom is 0.251 e. The van der Waals surface area contributed by atoms with Crippen molar-refractivity contribution in [2.45, 2.75) is 6.54 Å². The van der Waals surface area contributed by atoms with Gasteiger partial charge in [0.2, 0.25) is 0 Å². The number of halogens is 2. The average Bonchev–Trinajstić information content (AvgIpc) is 2.46. The summed E-state index contributed by atoms with van der Waals surface area (Å²) in [4.78, 5) is 11.4. The third-order valence-electron chi connectivity index (χ3n) is 2.91. The Kier molecular flexibility index (Phi) is 4.88. The van der Waals surface area contributed by atoms with Crippen molar-refractivity contribution in [3.8, 4) is 0 Å². The Morgan fingerprint density at radius 1 is 1.05 bits per heavy atom. The molecule has 2 N–H and O–H groups in total. The predicted octanol–water partition coefficient (Wildman–Crippen LogP) is 3.97. The zero-order valence-electron chi connectivity index (χ0n) is 10.9. The van der Waals surface area contributed by atoms with Crippen molar-refractivity contribution in [1.29, 1.82) is 0 Å². The van der Waals surface area contributed by atoms with Crippen LogP contribution < -0.4 is 10.6 Å². The summed E-state index contributed by atoms with van der Waals surface area (Å²) in [6.45, 7) is 0.526. The van der Waals surface area contributed by atoms with Crippen LogP contribution in [0.5, 0.6) is 0 Å². The van der Waals surface area contributed by atoms with E-state index in [-0.39, 0.29) is 5.91 Å². The predicted molar refractivity (Wildman–Crippen MR) is 83.6 cm³/mol. The van der Waals surface area contributed by atoms with Crippen LogP contribution in [0.15, 0.2) is 42.5 Å². The summed E-state index contributed by atoms with van der Waals surface area (Å²) in [7, 11) is 1.61. The van der Waals surface area contributed by atoms with Gasteiger partial charge >= 0.3 is 0 Å². The van der Waals surface area contributed by atoms with E-state index in [1.165, 1.54) is 0 Å². The van der Waals surface area contributed by atoms with E-state index in [0.29, 0.717) is 22.2 Å². The molecule has 5 heteroatoms. The molecule has 0 fully saturated rings. The lowest BCUT2D eigenvalue weighted by Gasteiger charge is -2.10. The molecule has 2 aromatic rings. The lowest BCUT2D eigenvalue weighted by Crippen LogP contribution is -2.17. The molecule has 0 saturated carbocycles. The van der Waals surface area contributed by atoms with E-state index in [4.69, 9.17) is 23.2 Å². The van der Waals surface area contributed by atoms with E-state index < -0.39 is 0 Å². The standard InChI is InChI=1S/C15H14Cl2N2O/c1-18-15(20)10-5-7-11(8-6-10)19-9-12-13(16)3-2-4-14(12)17/h2-8,19H,9H2,1H3,(H,18,20). The second kappa shape index (κ2) is 6.64. The molecule has 0 aliphatic rings. The van der Waals surface area contributed by atoms with Crippen LogP contribution in [-0.4, -0.2) is 13.0 Å². The van der Waals surface area contributed by atoms with Gasteiger partial charge in [-0.2, -0.15) is 0 Å². The van der Waals surface area contributed by atoms with Crippen LogP contribution in [0, 0.1) is 0 Å². The number of anilines is 1. The molecule has 0 bridgehead atoms. The highest BCUT2D eigenvalue weighted by atomic mass is 35.5. The summed E-state index contributed by atoms with van der Waals surface area (Å²) in [5.41, 5.74) is 2.37. The molecule has 0 unspecified atom stereocenters. The first kappa shape index (κ1) is 14.7. The number of hydrogen-bond donors (Lipinski definition) is 2. The Bertz CT molecular complexity index is 592. The monoisotopic (exact) mass is 308 g/mol. The van der Waals surface area contributed by atoms with Gasteiger partial charge in [0.25, 0.3) is 5.91 Å². The van der Waals surface area contributed by atoms with E-state index in [2.05, 4.69) is 10.6 Å². The summed E-state index contributed by atoms with van der Waals surface area (Å²) in [5, 5.41) is 7.07. The number of hydrogen-bond acceptors (Lipinski definition) is 2. The van der Waals surface area contributed by atoms with E-state index in [1.807, 2.05) is 18.2 Å². The minimum atomic E-state index is -0.106. The van der Waals surface area contributed by atoms with Crippen LogP contribution in [0.2, 0.25) is 10.0 Å². The summed E-state index contributed by atoms with van der Waals surface area (Å²) in [6.07, 6.45) is 0. The van der Waals surface area contributed by atoms with E-state index >= 15 is 0 Å². The molecule has 20 heavy (non-hydrogen) atoms. The van der Waals surface area contributed by atoms with E-state index in [9.17, 15) is 4.79 Å². The van der Waals surface area contributed by atoms with E-state index in [0.717, 1.165) is 11.3 Å². The van der Waals surface area contributed by atoms with Gasteiger partial charge < -0.3 is 10.6 Å². The first-order chi connectivity index (χ1) is 9.61. The molecular weight excluding hydrogens is 295 g/mol. The average molecular weight is 309 g/mol. The number of rotatable bonds is 4. The third-order valence-corrected chi connectivity index (χ3v) is 3.61. The van der Waals surface area contributed by atoms with Crippen LogP contribution in [0.3, 0.4) is 0 Å². The molecule has 3 nitrogen and oxygen atoms in total. The quantitative estimate of drug-likeness (QED) is 0.897. The molecule has 0 atom stereocenters. The van der Waals surface area contributed by atoms with Gasteiger partial charge in [0.15, 0.2) is 0 Å². The van der Waals surface area contributed by atoms with Crippen LogP contribution in [0.4, 0.5) is 5.69 Å². The van der Waals surface area contributed by atoms with Crippen molar-refractivity contribution in [2.75, 3.05) is 12.4 Å². The lowest BCUT2D eigenvalue weighted by molar-refractivity contribution is 0.0963. The molecule has 2 aromatic carbocycles. The van der Waals surface area contributed by atoms with Gasteiger partial charge in [0.05, 0.1) is 0 Å². The molecule has 0 aliphatic carbocycles. The summed E-state index contributed by atoms with van der Waals surface area (Å²) >= 11 is 12.2. The SMILES string of the molecule is CNC(=O)c1ccc(NCc2c(Cl)cccc2Cl)cc1. The van der Waals surface area contributed by atoms with Gasteiger partial charge in [0, 0.05) is 40.5 Å². The minimum absolute atomic E-state index is 0.106. The smallest absolute Gasteiger partial charge is 0.251 e. The van der Waals surface area contributed by atoms with Crippen LogP contribution >= 0.6 is 23.2 Å². The zero-order valence-corrected chi connectivity index (χ0v) is 12.4. The van der Waals surface area contributed by atoms with Crippen molar-refractivity contribution in [2.24, 2.45) is 0 Å². The lowest BCUT2D eigenvalue weighted by atomic mass is 10.2. The number of carbonyl (C=O) groups is 1. The molecule has 104 valence electrons. The van der Waals surface area contributed by atoms with Gasteiger partial charge in [-0.25, -0.2) is 0 Å². The summed E-state index contributed by atoms with van der Waals surface area (Å²) in [5.74, 6) is -0.106. The summed E-state index contributed by atoms with van der Waals surface area (Å²) in [6, 6.07) is 12.6. The molecule has 0 aliphatic heterocycles. The van der Waals surface area contributed by atoms with Gasteiger partial charge in [0.1, 0.15) is 0 Å². The molecular formula is C15H14Cl2N2O. The second-order valence-corrected chi connectivity index (χ2v) is 5.02. The Balaban J connectivity index is 2.06. The van der Waals surface area contributed by atoms with Gasteiger partial charge in [-0.1, -0.05) is 29.3 Å². The third kappa shape index (κ3) is 3.44. The zero-order chi connectivity index (χ0) is 14.5. The highest BCUT2D eigenvalue weighted by Crippen LogP contribution is 2.25. The fourth-order valence-electron chi connectivity index (χ4n) is 1.78. The maximum atomic E-state index is 11.4. The first-order valence-corrected chi connectivity index (χ1v) is 6.86. The Hall–Kier alpha value is -1.71. The first-order valence-electron chi connectivity index (χ1n) is 6.10. The Morgan fingerprint density at radius 2 is 1.65 bits per heavy atom. The fourth-order valence-corrected chi connectivity index (χ4v) is 2.31. The Morgan fingerprint density at radius 3 is 2.20 bits per heavy atom. The number of amides is 1.